The van der Waals surface area contributed by atoms with Crippen LogP contribution in [-0.4, -0.2) is 24.5 Å². The molecule has 1 aromatic rings. The van der Waals surface area contributed by atoms with Gasteiger partial charge in [-0.1, -0.05) is 13.3 Å². The van der Waals surface area contributed by atoms with Gasteiger partial charge in [0.1, 0.15) is 5.69 Å². The molecule has 0 radical (unpaired) electrons. The first-order chi connectivity index (χ1) is 8.69. The van der Waals surface area contributed by atoms with E-state index in [-0.39, 0.29) is 5.91 Å². The third-order valence-corrected chi connectivity index (χ3v) is 3.62. The molecule has 4 nitrogen and oxygen atoms in total. The second-order valence-corrected chi connectivity index (χ2v) is 5.11. The van der Waals surface area contributed by atoms with Gasteiger partial charge in [-0.05, 0) is 36.8 Å². The number of pyridine rings is 1. The molecule has 1 amide bonds. The van der Waals surface area contributed by atoms with Gasteiger partial charge < -0.3 is 10.6 Å². The van der Waals surface area contributed by atoms with Crippen molar-refractivity contribution >= 4 is 11.6 Å². The zero-order valence-electron chi connectivity index (χ0n) is 11.1. The summed E-state index contributed by atoms with van der Waals surface area (Å²) in [5, 5.41) is 6.02. The Balaban J connectivity index is 1.95. The maximum atomic E-state index is 11.5. The van der Waals surface area contributed by atoms with E-state index in [9.17, 15) is 4.79 Å². The molecule has 1 aliphatic carbocycles. The molecule has 98 valence electrons. The van der Waals surface area contributed by atoms with E-state index in [4.69, 9.17) is 0 Å². The van der Waals surface area contributed by atoms with E-state index in [1.807, 2.05) is 6.07 Å². The molecule has 0 aromatic carbocycles. The Bertz CT molecular complexity index is 427. The number of rotatable bonds is 6. The standard InChI is InChI=1S/C14H21N3O/c1-3-5-14(6-7-14)10-17-11-4-8-16-12(9-11)13(18)15-2/h4,8-9H,3,5-7,10H2,1-2H3,(H,15,18)(H,16,17). The summed E-state index contributed by atoms with van der Waals surface area (Å²) in [5.41, 5.74) is 1.94. The first-order valence-corrected chi connectivity index (χ1v) is 6.61. The van der Waals surface area contributed by atoms with E-state index in [1.165, 1.54) is 25.7 Å². The van der Waals surface area contributed by atoms with Crippen LogP contribution in [0.2, 0.25) is 0 Å². The van der Waals surface area contributed by atoms with Crippen molar-refractivity contribution in [2.24, 2.45) is 5.41 Å². The molecule has 1 aliphatic rings. The molecule has 0 aliphatic heterocycles. The molecule has 0 spiro atoms. The minimum atomic E-state index is -0.145. The van der Waals surface area contributed by atoms with Gasteiger partial charge in [0.25, 0.3) is 5.91 Å². The molecule has 4 heteroatoms. The van der Waals surface area contributed by atoms with E-state index in [0.717, 1.165) is 12.2 Å². The Labute approximate surface area is 108 Å². The van der Waals surface area contributed by atoms with Gasteiger partial charge >= 0.3 is 0 Å². The third kappa shape index (κ3) is 3.00. The molecular weight excluding hydrogens is 226 g/mol. The van der Waals surface area contributed by atoms with Crippen molar-refractivity contribution in [3.05, 3.63) is 24.0 Å². The number of carbonyl (C=O) groups excluding carboxylic acids is 1. The fourth-order valence-corrected chi connectivity index (χ4v) is 2.30. The normalized spacial score (nSPS) is 16.1. The average Bonchev–Trinajstić information content (AvgIpc) is 3.17. The van der Waals surface area contributed by atoms with Crippen LogP contribution in [0.3, 0.4) is 0 Å². The topological polar surface area (TPSA) is 54.0 Å². The fraction of sp³-hybridized carbons (Fsp3) is 0.571. The van der Waals surface area contributed by atoms with Gasteiger partial charge in [0.2, 0.25) is 0 Å². The average molecular weight is 247 g/mol. The Morgan fingerprint density at radius 2 is 2.28 bits per heavy atom. The molecule has 18 heavy (non-hydrogen) atoms. The highest BCUT2D eigenvalue weighted by Crippen LogP contribution is 2.49. The van der Waals surface area contributed by atoms with Gasteiger partial charge in [0.15, 0.2) is 0 Å². The SMILES string of the molecule is CCCC1(CNc2ccnc(C(=O)NC)c2)CC1. The maximum absolute atomic E-state index is 11.5. The predicted octanol–water partition coefficient (Wildman–Crippen LogP) is 2.43. The van der Waals surface area contributed by atoms with Gasteiger partial charge in [-0.25, -0.2) is 0 Å². The van der Waals surface area contributed by atoms with Crippen LogP contribution in [0, 0.1) is 5.41 Å². The molecule has 1 aromatic heterocycles. The van der Waals surface area contributed by atoms with E-state index >= 15 is 0 Å². The van der Waals surface area contributed by atoms with Crippen molar-refractivity contribution in [3.63, 3.8) is 0 Å². The first kappa shape index (κ1) is 12.9. The lowest BCUT2D eigenvalue weighted by molar-refractivity contribution is 0.0958. The first-order valence-electron chi connectivity index (χ1n) is 6.61. The van der Waals surface area contributed by atoms with Crippen LogP contribution in [0.15, 0.2) is 18.3 Å². The Morgan fingerprint density at radius 3 is 2.89 bits per heavy atom. The summed E-state index contributed by atoms with van der Waals surface area (Å²) in [7, 11) is 1.62. The van der Waals surface area contributed by atoms with Crippen LogP contribution < -0.4 is 10.6 Å². The second-order valence-electron chi connectivity index (χ2n) is 5.11. The molecule has 1 fully saturated rings. The zero-order valence-corrected chi connectivity index (χ0v) is 11.1. The molecule has 0 bridgehead atoms. The number of nitrogens with zero attached hydrogens (tertiary/aromatic N) is 1. The van der Waals surface area contributed by atoms with Crippen molar-refractivity contribution in [2.75, 3.05) is 18.9 Å². The van der Waals surface area contributed by atoms with Gasteiger partial charge in [-0.15, -0.1) is 0 Å². The zero-order chi connectivity index (χ0) is 13.0. The molecule has 0 unspecified atom stereocenters. The van der Waals surface area contributed by atoms with E-state index in [1.54, 1.807) is 19.3 Å². The van der Waals surface area contributed by atoms with Crippen molar-refractivity contribution < 1.29 is 4.79 Å². The molecule has 0 atom stereocenters. The van der Waals surface area contributed by atoms with Gasteiger partial charge in [0, 0.05) is 25.5 Å². The molecule has 1 saturated carbocycles. The quantitative estimate of drug-likeness (QED) is 0.811. The molecule has 0 saturated heterocycles. The third-order valence-electron chi connectivity index (χ3n) is 3.62. The largest absolute Gasteiger partial charge is 0.384 e. The number of carbonyl (C=O) groups is 1. The molecular formula is C14H21N3O. The summed E-state index contributed by atoms with van der Waals surface area (Å²) in [6.07, 6.45) is 6.84. The summed E-state index contributed by atoms with van der Waals surface area (Å²) in [6, 6.07) is 3.72. The van der Waals surface area contributed by atoms with Crippen molar-refractivity contribution in [3.8, 4) is 0 Å². The van der Waals surface area contributed by atoms with Crippen LogP contribution in [-0.2, 0) is 0 Å². The summed E-state index contributed by atoms with van der Waals surface area (Å²) < 4.78 is 0. The van der Waals surface area contributed by atoms with Crippen LogP contribution in [0.4, 0.5) is 5.69 Å². The van der Waals surface area contributed by atoms with Crippen molar-refractivity contribution in [1.82, 2.24) is 10.3 Å². The number of aromatic nitrogens is 1. The lowest BCUT2D eigenvalue weighted by Crippen LogP contribution is -2.20. The van der Waals surface area contributed by atoms with E-state index in [2.05, 4.69) is 22.5 Å². The number of nitrogens with one attached hydrogen (secondary N) is 2. The van der Waals surface area contributed by atoms with Crippen LogP contribution in [0.1, 0.15) is 43.1 Å². The number of amides is 1. The van der Waals surface area contributed by atoms with Gasteiger partial charge in [-0.3, -0.25) is 9.78 Å². The number of anilines is 1. The Hall–Kier alpha value is -1.58. The second kappa shape index (κ2) is 5.38. The summed E-state index contributed by atoms with van der Waals surface area (Å²) >= 11 is 0. The number of hydrogen-bond acceptors (Lipinski definition) is 3. The maximum Gasteiger partial charge on any atom is 0.269 e. The molecule has 2 rings (SSSR count). The van der Waals surface area contributed by atoms with E-state index in [0.29, 0.717) is 11.1 Å². The van der Waals surface area contributed by atoms with Gasteiger partial charge in [0.05, 0.1) is 0 Å². The van der Waals surface area contributed by atoms with Gasteiger partial charge in [-0.2, -0.15) is 0 Å². The monoisotopic (exact) mass is 247 g/mol. The summed E-state index contributed by atoms with van der Waals surface area (Å²) in [5.74, 6) is -0.145. The highest BCUT2D eigenvalue weighted by Gasteiger charge is 2.40. The Kier molecular flexibility index (Phi) is 3.84. The van der Waals surface area contributed by atoms with Crippen LogP contribution >= 0.6 is 0 Å². The highest BCUT2D eigenvalue weighted by molar-refractivity contribution is 5.92. The van der Waals surface area contributed by atoms with Crippen LogP contribution in [0.5, 0.6) is 0 Å². The van der Waals surface area contributed by atoms with Crippen LogP contribution in [0.25, 0.3) is 0 Å². The summed E-state index contributed by atoms with van der Waals surface area (Å²) in [4.78, 5) is 15.5. The summed E-state index contributed by atoms with van der Waals surface area (Å²) in [6.45, 7) is 3.23. The molecule has 2 N–H and O–H groups in total. The van der Waals surface area contributed by atoms with Crippen molar-refractivity contribution in [2.45, 2.75) is 32.6 Å². The number of hydrogen-bond donors (Lipinski definition) is 2. The predicted molar refractivity (Wildman–Crippen MR) is 72.7 cm³/mol. The molecule has 1 heterocycles. The lowest BCUT2D eigenvalue weighted by Gasteiger charge is -2.16. The van der Waals surface area contributed by atoms with Crippen molar-refractivity contribution in [1.29, 1.82) is 0 Å². The van der Waals surface area contributed by atoms with E-state index < -0.39 is 0 Å². The minimum Gasteiger partial charge on any atom is -0.384 e. The lowest BCUT2D eigenvalue weighted by atomic mass is 10.0. The Morgan fingerprint density at radius 1 is 1.50 bits per heavy atom. The fourth-order valence-electron chi connectivity index (χ4n) is 2.30. The smallest absolute Gasteiger partial charge is 0.269 e. The highest BCUT2D eigenvalue weighted by atomic mass is 16.1. The minimum absolute atomic E-state index is 0.145.